The first-order valence-corrected chi connectivity index (χ1v) is 5.96. The minimum atomic E-state index is 0.309. The van der Waals surface area contributed by atoms with Crippen molar-refractivity contribution < 1.29 is 5.11 Å². The molecule has 1 saturated heterocycles. The Morgan fingerprint density at radius 3 is 3.12 bits per heavy atom. The molecular weight excluding hydrogens is 202 g/mol. The number of aliphatic hydroxyl groups is 1. The first-order valence-electron chi connectivity index (χ1n) is 5.96. The number of aliphatic hydroxyl groups excluding tert-OH is 1. The van der Waals surface area contributed by atoms with Crippen LogP contribution in [-0.4, -0.2) is 39.7 Å². The number of hydrogen-bond donors (Lipinski definition) is 1. The predicted octanol–water partition coefficient (Wildman–Crippen LogP) is 1.07. The van der Waals surface area contributed by atoms with E-state index in [-0.39, 0.29) is 0 Å². The molecule has 4 heteroatoms. The molecule has 4 nitrogen and oxygen atoms in total. The van der Waals surface area contributed by atoms with Crippen molar-refractivity contribution in [2.45, 2.75) is 25.8 Å². The highest BCUT2D eigenvalue weighted by molar-refractivity contribution is 4.94. The Morgan fingerprint density at radius 1 is 1.44 bits per heavy atom. The molecule has 0 amide bonds. The van der Waals surface area contributed by atoms with Gasteiger partial charge in [0.1, 0.15) is 0 Å². The average molecular weight is 221 g/mol. The first-order chi connectivity index (χ1) is 7.88. The Bertz CT molecular complexity index is 302. The maximum atomic E-state index is 8.95. The van der Waals surface area contributed by atoms with Gasteiger partial charge in [0.25, 0.3) is 0 Å². The normalized spacial score (nSPS) is 22.2. The van der Waals surface area contributed by atoms with Crippen molar-refractivity contribution in [2.24, 2.45) is 5.92 Å². The molecule has 88 valence electrons. The molecule has 1 aromatic heterocycles. The molecule has 1 atom stereocenters. The summed E-state index contributed by atoms with van der Waals surface area (Å²) in [4.78, 5) is 10.8. The molecule has 0 radical (unpaired) electrons. The van der Waals surface area contributed by atoms with Crippen LogP contribution in [0.1, 0.15) is 25.0 Å². The lowest BCUT2D eigenvalue weighted by Crippen LogP contribution is -2.35. The molecular formula is C12H19N3O. The van der Waals surface area contributed by atoms with Crippen LogP contribution in [0.4, 0.5) is 0 Å². The maximum absolute atomic E-state index is 8.95. The fourth-order valence-electron chi connectivity index (χ4n) is 2.35. The van der Waals surface area contributed by atoms with E-state index in [4.69, 9.17) is 5.11 Å². The van der Waals surface area contributed by atoms with E-state index in [2.05, 4.69) is 14.9 Å². The van der Waals surface area contributed by atoms with Gasteiger partial charge in [-0.3, -0.25) is 14.9 Å². The highest BCUT2D eigenvalue weighted by Gasteiger charge is 2.19. The summed E-state index contributed by atoms with van der Waals surface area (Å²) in [7, 11) is 0. The van der Waals surface area contributed by atoms with E-state index in [1.54, 1.807) is 12.4 Å². The van der Waals surface area contributed by atoms with Crippen molar-refractivity contribution in [1.82, 2.24) is 14.9 Å². The van der Waals surface area contributed by atoms with Crippen LogP contribution >= 0.6 is 0 Å². The summed E-state index contributed by atoms with van der Waals surface area (Å²) in [6.45, 7) is 3.41. The van der Waals surface area contributed by atoms with E-state index in [0.717, 1.165) is 31.7 Å². The second-order valence-corrected chi connectivity index (χ2v) is 4.45. The second kappa shape index (κ2) is 5.92. The van der Waals surface area contributed by atoms with E-state index in [0.29, 0.717) is 12.5 Å². The molecule has 1 fully saturated rings. The van der Waals surface area contributed by atoms with Gasteiger partial charge in [-0.05, 0) is 31.7 Å². The van der Waals surface area contributed by atoms with E-state index in [9.17, 15) is 0 Å². The lowest BCUT2D eigenvalue weighted by atomic mass is 9.95. The van der Waals surface area contributed by atoms with E-state index < -0.39 is 0 Å². The highest BCUT2D eigenvalue weighted by Crippen LogP contribution is 2.20. The molecule has 0 spiro atoms. The Labute approximate surface area is 96.3 Å². The molecule has 1 aliphatic rings. The lowest BCUT2D eigenvalue weighted by molar-refractivity contribution is 0.141. The largest absolute Gasteiger partial charge is 0.396 e. The van der Waals surface area contributed by atoms with Gasteiger partial charge in [0, 0.05) is 38.3 Å². The average Bonchev–Trinajstić information content (AvgIpc) is 2.31. The van der Waals surface area contributed by atoms with Crippen molar-refractivity contribution in [3.8, 4) is 0 Å². The number of piperidine rings is 1. The second-order valence-electron chi connectivity index (χ2n) is 4.45. The summed E-state index contributed by atoms with van der Waals surface area (Å²) >= 11 is 0. The number of rotatable bonds is 4. The molecule has 16 heavy (non-hydrogen) atoms. The fraction of sp³-hybridized carbons (Fsp3) is 0.667. The zero-order chi connectivity index (χ0) is 11.2. The topological polar surface area (TPSA) is 49.2 Å². The summed E-state index contributed by atoms with van der Waals surface area (Å²) in [6.07, 6.45) is 8.67. The number of nitrogens with zero attached hydrogens (tertiary/aromatic N) is 3. The smallest absolute Gasteiger partial charge is 0.0726 e. The molecule has 1 aromatic rings. The van der Waals surface area contributed by atoms with Crippen LogP contribution in [0.3, 0.4) is 0 Å². The number of aromatic nitrogens is 2. The van der Waals surface area contributed by atoms with Gasteiger partial charge in [-0.1, -0.05) is 0 Å². The van der Waals surface area contributed by atoms with Crippen molar-refractivity contribution in [2.75, 3.05) is 19.7 Å². The minimum absolute atomic E-state index is 0.309. The summed E-state index contributed by atoms with van der Waals surface area (Å²) in [5.41, 5.74) is 1.03. The molecule has 1 N–H and O–H groups in total. The fourth-order valence-corrected chi connectivity index (χ4v) is 2.35. The van der Waals surface area contributed by atoms with Crippen molar-refractivity contribution in [3.63, 3.8) is 0 Å². The SMILES string of the molecule is OCCC1CCCN(Cc2cnccn2)C1. The van der Waals surface area contributed by atoms with Gasteiger partial charge in [-0.15, -0.1) is 0 Å². The van der Waals surface area contributed by atoms with Gasteiger partial charge >= 0.3 is 0 Å². The molecule has 0 bridgehead atoms. The summed E-state index contributed by atoms with van der Waals surface area (Å²) in [5, 5.41) is 8.95. The molecule has 0 saturated carbocycles. The highest BCUT2D eigenvalue weighted by atomic mass is 16.3. The van der Waals surface area contributed by atoms with Crippen LogP contribution < -0.4 is 0 Å². The number of likely N-dealkylation sites (tertiary alicyclic amines) is 1. The molecule has 2 rings (SSSR count). The van der Waals surface area contributed by atoms with Gasteiger partial charge in [0.2, 0.25) is 0 Å². The van der Waals surface area contributed by atoms with Gasteiger partial charge in [-0.25, -0.2) is 0 Å². The summed E-state index contributed by atoms with van der Waals surface area (Å²) in [6, 6.07) is 0. The molecule has 0 aromatic carbocycles. The van der Waals surface area contributed by atoms with E-state index >= 15 is 0 Å². The Kier molecular flexibility index (Phi) is 4.25. The van der Waals surface area contributed by atoms with Crippen LogP contribution in [0.2, 0.25) is 0 Å². The minimum Gasteiger partial charge on any atom is -0.396 e. The van der Waals surface area contributed by atoms with Gasteiger partial charge < -0.3 is 5.11 Å². The standard InChI is InChI=1S/C12H19N3O/c16-7-3-11-2-1-6-15(9-11)10-12-8-13-4-5-14-12/h4-5,8,11,16H,1-3,6-7,9-10H2. The predicted molar refractivity (Wildman–Crippen MR) is 61.7 cm³/mol. The van der Waals surface area contributed by atoms with E-state index in [1.807, 2.05) is 6.20 Å². The van der Waals surface area contributed by atoms with Crippen LogP contribution in [0.25, 0.3) is 0 Å². The van der Waals surface area contributed by atoms with Gasteiger partial charge in [0.05, 0.1) is 5.69 Å². The van der Waals surface area contributed by atoms with E-state index in [1.165, 1.54) is 12.8 Å². The molecule has 1 aliphatic heterocycles. The Morgan fingerprint density at radius 2 is 2.38 bits per heavy atom. The summed E-state index contributed by atoms with van der Waals surface area (Å²) in [5.74, 6) is 0.649. The number of hydrogen-bond acceptors (Lipinski definition) is 4. The third kappa shape index (κ3) is 3.25. The van der Waals surface area contributed by atoms with Crippen LogP contribution in [0, 0.1) is 5.92 Å². The Balaban J connectivity index is 1.85. The molecule has 2 heterocycles. The van der Waals surface area contributed by atoms with Crippen LogP contribution in [0.5, 0.6) is 0 Å². The van der Waals surface area contributed by atoms with Crippen molar-refractivity contribution in [1.29, 1.82) is 0 Å². The maximum Gasteiger partial charge on any atom is 0.0726 e. The van der Waals surface area contributed by atoms with Crippen molar-refractivity contribution in [3.05, 3.63) is 24.3 Å². The van der Waals surface area contributed by atoms with Crippen LogP contribution in [0.15, 0.2) is 18.6 Å². The van der Waals surface area contributed by atoms with Gasteiger partial charge in [0.15, 0.2) is 0 Å². The third-order valence-electron chi connectivity index (χ3n) is 3.14. The first kappa shape index (κ1) is 11.5. The lowest BCUT2D eigenvalue weighted by Gasteiger charge is -2.32. The van der Waals surface area contributed by atoms with Crippen LogP contribution in [-0.2, 0) is 6.54 Å². The zero-order valence-corrected chi connectivity index (χ0v) is 9.55. The Hall–Kier alpha value is -1.00. The van der Waals surface area contributed by atoms with Crippen molar-refractivity contribution >= 4 is 0 Å². The zero-order valence-electron chi connectivity index (χ0n) is 9.55. The third-order valence-corrected chi connectivity index (χ3v) is 3.14. The molecule has 0 aliphatic carbocycles. The molecule has 1 unspecified atom stereocenters. The monoisotopic (exact) mass is 221 g/mol. The van der Waals surface area contributed by atoms with Gasteiger partial charge in [-0.2, -0.15) is 0 Å². The quantitative estimate of drug-likeness (QED) is 0.826. The summed E-state index contributed by atoms with van der Waals surface area (Å²) < 4.78 is 0.